The molecule has 0 saturated carbocycles. The summed E-state index contributed by atoms with van der Waals surface area (Å²) < 4.78 is 1.99. The third-order valence-electron chi connectivity index (χ3n) is 3.17. The van der Waals surface area contributed by atoms with E-state index in [1.54, 1.807) is 11.3 Å². The predicted molar refractivity (Wildman–Crippen MR) is 77.6 cm³/mol. The summed E-state index contributed by atoms with van der Waals surface area (Å²) in [6.07, 6.45) is 4.03. The van der Waals surface area contributed by atoms with Gasteiger partial charge in [-0.25, -0.2) is 4.98 Å². The number of benzene rings is 1. The summed E-state index contributed by atoms with van der Waals surface area (Å²) in [6.45, 7) is 4.10. The quantitative estimate of drug-likeness (QED) is 0.794. The molecular weight excluding hydrogens is 256 g/mol. The van der Waals surface area contributed by atoms with Gasteiger partial charge in [-0.2, -0.15) is 0 Å². The van der Waals surface area contributed by atoms with Crippen LogP contribution >= 0.6 is 11.3 Å². The van der Waals surface area contributed by atoms with E-state index in [4.69, 9.17) is 0 Å². The molecule has 1 atom stereocenters. The monoisotopic (exact) mass is 272 g/mol. The second-order valence-corrected chi connectivity index (χ2v) is 5.84. The number of rotatable bonds is 3. The van der Waals surface area contributed by atoms with Gasteiger partial charge in [0.25, 0.3) is 0 Å². The summed E-state index contributed by atoms with van der Waals surface area (Å²) >= 11 is 1.61. The number of aliphatic hydroxyl groups is 1. The van der Waals surface area contributed by atoms with Crippen LogP contribution in [0.2, 0.25) is 0 Å². The van der Waals surface area contributed by atoms with Crippen LogP contribution < -0.4 is 0 Å². The Labute approximate surface area is 116 Å². The molecule has 0 aliphatic rings. The van der Waals surface area contributed by atoms with Crippen molar-refractivity contribution in [2.75, 3.05) is 0 Å². The highest BCUT2D eigenvalue weighted by atomic mass is 32.1. The molecule has 0 aliphatic carbocycles. The highest BCUT2D eigenvalue weighted by molar-refractivity contribution is 7.15. The topological polar surface area (TPSA) is 37.5 Å². The number of nitrogens with zero attached hydrogens (tertiary/aromatic N) is 2. The Bertz CT molecular complexity index is 665. The third-order valence-corrected chi connectivity index (χ3v) is 3.95. The smallest absolute Gasteiger partial charge is 0.193 e. The highest BCUT2D eigenvalue weighted by Crippen LogP contribution is 2.21. The lowest BCUT2D eigenvalue weighted by Crippen LogP contribution is -2.03. The summed E-state index contributed by atoms with van der Waals surface area (Å²) in [7, 11) is 0. The molecule has 3 nitrogen and oxygen atoms in total. The van der Waals surface area contributed by atoms with Crippen LogP contribution in [-0.4, -0.2) is 14.5 Å². The summed E-state index contributed by atoms with van der Waals surface area (Å²) in [4.78, 5) is 5.48. The van der Waals surface area contributed by atoms with Crippen LogP contribution in [0.1, 0.15) is 28.5 Å². The van der Waals surface area contributed by atoms with Crippen LogP contribution in [0.4, 0.5) is 0 Å². The van der Waals surface area contributed by atoms with Crippen molar-refractivity contribution in [3.05, 3.63) is 58.4 Å². The molecule has 3 rings (SSSR count). The molecule has 1 aromatic carbocycles. The molecule has 4 heteroatoms. The fourth-order valence-corrected chi connectivity index (χ4v) is 3.11. The number of aliphatic hydroxyl groups excluding tert-OH is 1. The van der Waals surface area contributed by atoms with E-state index in [1.165, 1.54) is 11.1 Å². The van der Waals surface area contributed by atoms with Gasteiger partial charge in [0.15, 0.2) is 4.96 Å². The maximum absolute atomic E-state index is 10.3. The second kappa shape index (κ2) is 4.79. The largest absolute Gasteiger partial charge is 0.388 e. The van der Waals surface area contributed by atoms with E-state index in [0.717, 1.165) is 16.2 Å². The van der Waals surface area contributed by atoms with Crippen molar-refractivity contribution in [3.8, 4) is 0 Å². The lowest BCUT2D eigenvalue weighted by molar-refractivity contribution is 0.177. The molecule has 0 amide bonds. The van der Waals surface area contributed by atoms with E-state index in [2.05, 4.69) is 24.9 Å². The zero-order valence-electron chi connectivity index (χ0n) is 11.0. The molecule has 1 unspecified atom stereocenters. The Hall–Kier alpha value is -1.65. The molecule has 2 aromatic heterocycles. The lowest BCUT2D eigenvalue weighted by atomic mass is 10.0. The van der Waals surface area contributed by atoms with Crippen molar-refractivity contribution >= 4 is 16.3 Å². The van der Waals surface area contributed by atoms with Crippen molar-refractivity contribution in [1.29, 1.82) is 0 Å². The predicted octanol–water partition coefficient (Wildman–Crippen LogP) is 3.29. The summed E-state index contributed by atoms with van der Waals surface area (Å²) in [5.74, 6) is 0. The van der Waals surface area contributed by atoms with Gasteiger partial charge < -0.3 is 5.11 Å². The fraction of sp³-hybridized carbons (Fsp3) is 0.267. The summed E-state index contributed by atoms with van der Waals surface area (Å²) in [5, 5.41) is 12.3. The Kier molecular flexibility index (Phi) is 3.12. The van der Waals surface area contributed by atoms with Crippen molar-refractivity contribution in [2.45, 2.75) is 26.4 Å². The first-order valence-electron chi connectivity index (χ1n) is 6.29. The molecule has 0 saturated heterocycles. The van der Waals surface area contributed by atoms with Gasteiger partial charge in [-0.05, 0) is 19.4 Å². The van der Waals surface area contributed by atoms with Gasteiger partial charge in [0, 0.05) is 24.2 Å². The standard InChI is InChI=1S/C15H16N2OS/c1-10-5-11(2)7-12(6-10)14(18)8-13-9-17-3-4-19-15(17)16-13/h3-7,9,14,18H,8H2,1-2H3. The molecule has 98 valence electrons. The minimum absolute atomic E-state index is 0.497. The molecule has 0 spiro atoms. The van der Waals surface area contributed by atoms with Crippen molar-refractivity contribution in [3.63, 3.8) is 0 Å². The Morgan fingerprint density at radius 2 is 2.00 bits per heavy atom. The van der Waals surface area contributed by atoms with Crippen molar-refractivity contribution in [2.24, 2.45) is 0 Å². The second-order valence-electron chi connectivity index (χ2n) is 4.97. The van der Waals surface area contributed by atoms with Gasteiger partial charge in [-0.1, -0.05) is 29.3 Å². The van der Waals surface area contributed by atoms with Gasteiger partial charge >= 0.3 is 0 Å². The Morgan fingerprint density at radius 1 is 1.26 bits per heavy atom. The Morgan fingerprint density at radius 3 is 2.68 bits per heavy atom. The van der Waals surface area contributed by atoms with E-state index in [-0.39, 0.29) is 0 Å². The van der Waals surface area contributed by atoms with Crippen LogP contribution in [0.5, 0.6) is 0 Å². The molecule has 2 heterocycles. The zero-order valence-corrected chi connectivity index (χ0v) is 11.8. The number of fused-ring (bicyclic) bond motifs is 1. The minimum Gasteiger partial charge on any atom is -0.388 e. The molecular formula is C15H16N2OS. The van der Waals surface area contributed by atoms with Crippen molar-refractivity contribution in [1.82, 2.24) is 9.38 Å². The minimum atomic E-state index is -0.497. The van der Waals surface area contributed by atoms with E-state index in [1.807, 2.05) is 34.3 Å². The van der Waals surface area contributed by atoms with Crippen molar-refractivity contribution < 1.29 is 5.11 Å². The van der Waals surface area contributed by atoms with E-state index in [0.29, 0.717) is 6.42 Å². The molecule has 1 N–H and O–H groups in total. The first-order valence-corrected chi connectivity index (χ1v) is 7.17. The van der Waals surface area contributed by atoms with Gasteiger partial charge in [0.1, 0.15) is 0 Å². The van der Waals surface area contributed by atoms with Crippen LogP contribution in [0.15, 0.2) is 36.0 Å². The lowest BCUT2D eigenvalue weighted by Gasteiger charge is -2.11. The number of aromatic nitrogens is 2. The summed E-state index contributed by atoms with van der Waals surface area (Å²) in [5.41, 5.74) is 4.26. The third kappa shape index (κ3) is 2.55. The fourth-order valence-electron chi connectivity index (χ4n) is 2.39. The SMILES string of the molecule is Cc1cc(C)cc(C(O)Cc2cn3ccsc3n2)c1. The molecule has 0 fully saturated rings. The van der Waals surface area contributed by atoms with Gasteiger partial charge in [0.05, 0.1) is 11.8 Å². The zero-order chi connectivity index (χ0) is 13.4. The van der Waals surface area contributed by atoms with E-state index in [9.17, 15) is 5.11 Å². The maximum atomic E-state index is 10.3. The van der Waals surface area contributed by atoms with Crippen LogP contribution in [0.25, 0.3) is 4.96 Å². The Balaban J connectivity index is 1.84. The van der Waals surface area contributed by atoms with E-state index >= 15 is 0 Å². The molecule has 19 heavy (non-hydrogen) atoms. The average Bonchev–Trinajstić information content (AvgIpc) is 2.88. The van der Waals surface area contributed by atoms with Crippen LogP contribution in [-0.2, 0) is 6.42 Å². The number of imidazole rings is 1. The normalized spacial score (nSPS) is 13.0. The molecule has 3 aromatic rings. The van der Waals surface area contributed by atoms with Gasteiger partial charge in [-0.3, -0.25) is 4.40 Å². The molecule has 0 radical (unpaired) electrons. The number of aryl methyl sites for hydroxylation is 2. The first-order chi connectivity index (χ1) is 9.11. The molecule has 0 bridgehead atoms. The highest BCUT2D eigenvalue weighted by Gasteiger charge is 2.12. The van der Waals surface area contributed by atoms with E-state index < -0.39 is 6.10 Å². The first kappa shape index (κ1) is 12.4. The maximum Gasteiger partial charge on any atom is 0.193 e. The average molecular weight is 272 g/mol. The number of hydrogen-bond donors (Lipinski definition) is 1. The molecule has 0 aliphatic heterocycles. The number of thiazole rings is 1. The van der Waals surface area contributed by atoms with Gasteiger partial charge in [0.2, 0.25) is 0 Å². The van der Waals surface area contributed by atoms with Crippen LogP contribution in [0.3, 0.4) is 0 Å². The van der Waals surface area contributed by atoms with Gasteiger partial charge in [-0.15, -0.1) is 11.3 Å². The van der Waals surface area contributed by atoms with Crippen LogP contribution in [0, 0.1) is 13.8 Å². The summed E-state index contributed by atoms with van der Waals surface area (Å²) in [6, 6.07) is 6.19. The number of hydrogen-bond acceptors (Lipinski definition) is 3.